The predicted molar refractivity (Wildman–Crippen MR) is 131 cm³/mol. The first kappa shape index (κ1) is 23.5. The van der Waals surface area contributed by atoms with Crippen LogP contribution in [0, 0.1) is 18.8 Å². The summed E-state index contributed by atoms with van der Waals surface area (Å²) in [6.45, 7) is 3.73. The van der Waals surface area contributed by atoms with Crippen molar-refractivity contribution in [2.75, 3.05) is 28.6 Å². The summed E-state index contributed by atoms with van der Waals surface area (Å²) in [6.07, 6.45) is 7.52. The number of aliphatic carboxylic acids is 1. The molecular weight excluding hydrogens is 430 g/mol. The van der Waals surface area contributed by atoms with E-state index in [9.17, 15) is 19.5 Å². The Morgan fingerprint density at radius 3 is 2.18 bits per heavy atom. The highest BCUT2D eigenvalue weighted by molar-refractivity contribution is 6.09. The lowest BCUT2D eigenvalue weighted by molar-refractivity contribution is -0.313. The van der Waals surface area contributed by atoms with Gasteiger partial charge in [-0.2, -0.15) is 0 Å². The van der Waals surface area contributed by atoms with E-state index in [4.69, 9.17) is 0 Å². The van der Waals surface area contributed by atoms with Gasteiger partial charge < -0.3 is 25.4 Å². The zero-order valence-electron chi connectivity index (χ0n) is 19.4. The van der Waals surface area contributed by atoms with Crippen molar-refractivity contribution in [3.63, 3.8) is 0 Å². The molecule has 0 unspecified atom stereocenters. The molecule has 2 aliphatic rings. The molecule has 7 heteroatoms. The molecule has 1 aliphatic heterocycles. The number of allylic oxidation sites excluding steroid dienone is 2. The number of amides is 2. The summed E-state index contributed by atoms with van der Waals surface area (Å²) in [5, 5.41) is 17.3. The molecule has 0 saturated carbocycles. The molecule has 2 aromatic carbocycles. The number of hydrogen-bond donors (Lipinski definition) is 2. The number of piperidine rings is 1. The lowest BCUT2D eigenvalue weighted by atomic mass is 9.82. The number of carbonyl (C=O) groups excluding carboxylic acids is 3. The number of rotatable bonds is 6. The molecule has 1 heterocycles. The molecule has 2 aromatic rings. The van der Waals surface area contributed by atoms with E-state index in [0.29, 0.717) is 23.4 Å². The standard InChI is InChI=1S/C27H31N3O4/c1-18-9-11-19(12-10-18)28-26(32)23-17-20(13-14-24(23)30-15-5-2-6-16-30)29-25(31)21-7-3-4-8-22(21)27(33)34/h3-4,9-14,17,21-22H,2,5-8,15-16H2,1H3,(H,28,32)(H,29,31)(H,33,34)/p-1/t21-,22-/m1/s1. The maximum absolute atomic E-state index is 13.3. The van der Waals surface area contributed by atoms with Gasteiger partial charge in [-0.25, -0.2) is 0 Å². The fraction of sp³-hybridized carbons (Fsp3) is 0.370. The van der Waals surface area contributed by atoms with E-state index in [-0.39, 0.29) is 18.2 Å². The highest BCUT2D eigenvalue weighted by Gasteiger charge is 2.30. The van der Waals surface area contributed by atoms with Gasteiger partial charge in [-0.15, -0.1) is 0 Å². The number of anilines is 3. The second-order valence-corrected chi connectivity index (χ2v) is 9.06. The number of nitrogens with one attached hydrogen (secondary N) is 2. The predicted octanol–water partition coefficient (Wildman–Crippen LogP) is 3.51. The quantitative estimate of drug-likeness (QED) is 0.643. The highest BCUT2D eigenvalue weighted by Crippen LogP contribution is 2.30. The van der Waals surface area contributed by atoms with Gasteiger partial charge in [0.2, 0.25) is 5.91 Å². The third kappa shape index (κ3) is 5.47. The van der Waals surface area contributed by atoms with E-state index in [1.54, 1.807) is 18.2 Å². The number of hydrogen-bond acceptors (Lipinski definition) is 5. The van der Waals surface area contributed by atoms with Crippen LogP contribution in [0.2, 0.25) is 0 Å². The van der Waals surface area contributed by atoms with Gasteiger partial charge in [0.05, 0.1) is 11.5 Å². The van der Waals surface area contributed by atoms with Crippen molar-refractivity contribution in [2.24, 2.45) is 11.8 Å². The molecule has 7 nitrogen and oxygen atoms in total. The van der Waals surface area contributed by atoms with Crippen LogP contribution in [0.4, 0.5) is 17.1 Å². The van der Waals surface area contributed by atoms with Crippen LogP contribution in [-0.2, 0) is 9.59 Å². The molecule has 2 N–H and O–H groups in total. The number of carbonyl (C=O) groups is 3. The van der Waals surface area contributed by atoms with E-state index in [0.717, 1.165) is 37.2 Å². The van der Waals surface area contributed by atoms with Gasteiger partial charge >= 0.3 is 0 Å². The third-order valence-corrected chi connectivity index (χ3v) is 6.59. The van der Waals surface area contributed by atoms with Gasteiger partial charge in [0.25, 0.3) is 5.91 Å². The topological polar surface area (TPSA) is 102 Å². The van der Waals surface area contributed by atoms with Crippen LogP contribution in [0.25, 0.3) is 0 Å². The van der Waals surface area contributed by atoms with Crippen LogP contribution in [0.5, 0.6) is 0 Å². The molecule has 0 radical (unpaired) electrons. The van der Waals surface area contributed by atoms with Gasteiger partial charge in [-0.1, -0.05) is 29.8 Å². The lowest BCUT2D eigenvalue weighted by Crippen LogP contribution is -2.41. The van der Waals surface area contributed by atoms with Crippen LogP contribution >= 0.6 is 0 Å². The van der Waals surface area contributed by atoms with Crippen LogP contribution < -0.4 is 20.6 Å². The first-order chi connectivity index (χ1) is 16.4. The molecule has 4 rings (SSSR count). The van der Waals surface area contributed by atoms with Crippen molar-refractivity contribution in [1.82, 2.24) is 0 Å². The fourth-order valence-electron chi connectivity index (χ4n) is 4.64. The summed E-state index contributed by atoms with van der Waals surface area (Å²) in [4.78, 5) is 39.9. The number of carboxylic acids is 1. The molecule has 1 aliphatic carbocycles. The Hall–Kier alpha value is -3.61. The fourth-order valence-corrected chi connectivity index (χ4v) is 4.64. The SMILES string of the molecule is Cc1ccc(NC(=O)c2cc(NC(=O)[C@@H]3CC=CC[C@H]3C(=O)[O-])ccc2N2CCCCC2)cc1. The Morgan fingerprint density at radius 1 is 0.853 bits per heavy atom. The minimum absolute atomic E-state index is 0.256. The van der Waals surface area contributed by atoms with Crippen molar-refractivity contribution in [3.05, 3.63) is 65.7 Å². The van der Waals surface area contributed by atoms with E-state index in [1.165, 1.54) is 6.42 Å². The van der Waals surface area contributed by atoms with Crippen LogP contribution in [-0.4, -0.2) is 30.9 Å². The van der Waals surface area contributed by atoms with Crippen LogP contribution in [0.15, 0.2) is 54.6 Å². The molecule has 0 aromatic heterocycles. The van der Waals surface area contributed by atoms with Gasteiger partial charge in [0.15, 0.2) is 0 Å². The average molecular weight is 461 g/mol. The van der Waals surface area contributed by atoms with Gasteiger partial charge in [-0.3, -0.25) is 9.59 Å². The maximum Gasteiger partial charge on any atom is 0.257 e. The van der Waals surface area contributed by atoms with E-state index in [2.05, 4.69) is 15.5 Å². The summed E-state index contributed by atoms with van der Waals surface area (Å²) in [5.41, 5.74) is 3.56. The molecule has 1 fully saturated rings. The Bertz CT molecular complexity index is 1090. The minimum atomic E-state index is -1.22. The van der Waals surface area contributed by atoms with Crippen molar-refractivity contribution in [3.8, 4) is 0 Å². The zero-order valence-corrected chi connectivity index (χ0v) is 19.4. The highest BCUT2D eigenvalue weighted by atomic mass is 16.4. The Morgan fingerprint density at radius 2 is 1.50 bits per heavy atom. The van der Waals surface area contributed by atoms with Crippen LogP contribution in [0.1, 0.15) is 48.0 Å². The van der Waals surface area contributed by atoms with Crippen molar-refractivity contribution < 1.29 is 19.5 Å². The van der Waals surface area contributed by atoms with E-state index >= 15 is 0 Å². The molecule has 2 amide bonds. The summed E-state index contributed by atoms with van der Waals surface area (Å²) in [7, 11) is 0. The summed E-state index contributed by atoms with van der Waals surface area (Å²) in [5.74, 6) is -3.42. The van der Waals surface area contributed by atoms with Crippen molar-refractivity contribution in [2.45, 2.75) is 39.0 Å². The second kappa shape index (κ2) is 10.5. The lowest BCUT2D eigenvalue weighted by Gasteiger charge is -2.31. The number of nitrogens with zero attached hydrogens (tertiary/aromatic N) is 1. The Labute approximate surface area is 199 Å². The number of aryl methyl sites for hydroxylation is 1. The first-order valence-corrected chi connectivity index (χ1v) is 11.9. The molecule has 2 atom stereocenters. The number of carboxylic acid groups (broad SMARTS) is 1. The minimum Gasteiger partial charge on any atom is -0.550 e. The molecular formula is C27H30N3O4-. The normalized spacial score (nSPS) is 20.0. The zero-order chi connectivity index (χ0) is 24.1. The molecule has 178 valence electrons. The second-order valence-electron chi connectivity index (χ2n) is 9.06. The molecule has 1 saturated heterocycles. The van der Waals surface area contributed by atoms with Crippen molar-refractivity contribution in [1.29, 1.82) is 0 Å². The summed E-state index contributed by atoms with van der Waals surface area (Å²) < 4.78 is 0. The van der Waals surface area contributed by atoms with Gasteiger partial charge in [0, 0.05) is 42.0 Å². The Kier molecular flexibility index (Phi) is 7.30. The first-order valence-electron chi connectivity index (χ1n) is 11.9. The van der Waals surface area contributed by atoms with Gasteiger partial charge in [-0.05, 0) is 69.4 Å². The Balaban J connectivity index is 1.59. The monoisotopic (exact) mass is 460 g/mol. The van der Waals surface area contributed by atoms with Gasteiger partial charge in [0.1, 0.15) is 0 Å². The summed E-state index contributed by atoms with van der Waals surface area (Å²) in [6, 6.07) is 12.9. The maximum atomic E-state index is 13.3. The van der Waals surface area contributed by atoms with E-state index < -0.39 is 17.8 Å². The largest absolute Gasteiger partial charge is 0.550 e. The average Bonchev–Trinajstić information content (AvgIpc) is 2.86. The molecule has 0 bridgehead atoms. The number of benzene rings is 2. The van der Waals surface area contributed by atoms with E-state index in [1.807, 2.05) is 43.3 Å². The molecule has 34 heavy (non-hydrogen) atoms. The third-order valence-electron chi connectivity index (χ3n) is 6.59. The smallest absolute Gasteiger partial charge is 0.257 e. The molecule has 0 spiro atoms. The summed E-state index contributed by atoms with van der Waals surface area (Å²) >= 11 is 0. The van der Waals surface area contributed by atoms with Crippen LogP contribution in [0.3, 0.4) is 0 Å². The van der Waals surface area contributed by atoms with Crippen molar-refractivity contribution >= 4 is 34.8 Å².